The summed E-state index contributed by atoms with van der Waals surface area (Å²) in [6.45, 7) is 5.76. The number of anilines is 2. The van der Waals surface area contributed by atoms with Gasteiger partial charge in [0.05, 0.1) is 11.7 Å². The van der Waals surface area contributed by atoms with E-state index in [2.05, 4.69) is 20.5 Å². The molecule has 146 valence electrons. The van der Waals surface area contributed by atoms with Crippen LogP contribution < -0.4 is 15.5 Å². The Morgan fingerprint density at radius 3 is 2.48 bits per heavy atom. The van der Waals surface area contributed by atoms with Crippen molar-refractivity contribution in [1.29, 1.82) is 0 Å². The molecule has 27 heavy (non-hydrogen) atoms. The number of nitrogens with zero attached hydrogens (tertiary/aromatic N) is 3. The highest BCUT2D eigenvalue weighted by molar-refractivity contribution is 6.35. The largest absolute Gasteiger partial charge is 0.362 e. The van der Waals surface area contributed by atoms with Crippen LogP contribution in [0.15, 0.2) is 18.2 Å². The van der Waals surface area contributed by atoms with Crippen LogP contribution in [-0.4, -0.2) is 36.1 Å². The minimum atomic E-state index is -0.0792. The summed E-state index contributed by atoms with van der Waals surface area (Å²) in [7, 11) is 2.01. The lowest BCUT2D eigenvalue weighted by atomic mass is 10.1. The third-order valence-electron chi connectivity index (χ3n) is 4.97. The Hall–Kier alpha value is -1.27. The Morgan fingerprint density at radius 1 is 1.15 bits per heavy atom. The van der Waals surface area contributed by atoms with Crippen LogP contribution >= 0.6 is 34.8 Å². The summed E-state index contributed by atoms with van der Waals surface area (Å²) in [5.74, 6) is 1.33. The number of hydrogen-bond donors (Lipinski definition) is 2. The van der Waals surface area contributed by atoms with Crippen LogP contribution in [0.3, 0.4) is 0 Å². The number of halogens is 3. The average molecular weight is 429 g/mol. The summed E-state index contributed by atoms with van der Waals surface area (Å²) >= 11 is 18.8. The van der Waals surface area contributed by atoms with Crippen LogP contribution in [0.5, 0.6) is 0 Å². The van der Waals surface area contributed by atoms with Crippen molar-refractivity contribution in [2.45, 2.75) is 38.8 Å². The van der Waals surface area contributed by atoms with Crippen molar-refractivity contribution in [3.05, 3.63) is 44.5 Å². The fourth-order valence-corrected chi connectivity index (χ4v) is 4.00. The molecule has 2 heterocycles. The second kappa shape index (κ2) is 8.82. The van der Waals surface area contributed by atoms with Gasteiger partial charge in [0.1, 0.15) is 5.02 Å². The lowest BCUT2D eigenvalue weighted by Crippen LogP contribution is -2.42. The molecule has 0 saturated carbocycles. The van der Waals surface area contributed by atoms with Gasteiger partial charge in [0, 0.05) is 29.2 Å². The van der Waals surface area contributed by atoms with E-state index in [9.17, 15) is 0 Å². The highest BCUT2D eigenvalue weighted by atomic mass is 35.5. The predicted octanol–water partition coefficient (Wildman–Crippen LogP) is 5.11. The molecule has 5 nitrogen and oxygen atoms in total. The summed E-state index contributed by atoms with van der Waals surface area (Å²) in [6.07, 6.45) is 2.14. The summed E-state index contributed by atoms with van der Waals surface area (Å²) in [4.78, 5) is 11.5. The van der Waals surface area contributed by atoms with Crippen LogP contribution in [0, 0.1) is 6.92 Å². The molecule has 1 aliphatic rings. The minimum absolute atomic E-state index is 0.0792. The fourth-order valence-electron chi connectivity index (χ4n) is 3.29. The molecule has 2 aromatic rings. The van der Waals surface area contributed by atoms with Gasteiger partial charge in [-0.3, -0.25) is 0 Å². The van der Waals surface area contributed by atoms with Gasteiger partial charge in [-0.15, -0.1) is 0 Å². The van der Waals surface area contributed by atoms with Gasteiger partial charge >= 0.3 is 0 Å². The third kappa shape index (κ3) is 4.77. The highest BCUT2D eigenvalue weighted by Gasteiger charge is 2.22. The monoisotopic (exact) mass is 427 g/mol. The Labute approximate surface area is 175 Å². The van der Waals surface area contributed by atoms with Crippen molar-refractivity contribution in [2.75, 3.05) is 30.4 Å². The Bertz CT molecular complexity index is 806. The molecule has 0 unspecified atom stereocenters. The normalized spacial score (nSPS) is 16.4. The van der Waals surface area contributed by atoms with Crippen molar-refractivity contribution in [3.63, 3.8) is 0 Å². The van der Waals surface area contributed by atoms with Gasteiger partial charge in [-0.1, -0.05) is 40.9 Å². The molecule has 1 aromatic carbocycles. The molecule has 1 aliphatic heterocycles. The summed E-state index contributed by atoms with van der Waals surface area (Å²) < 4.78 is 0. The van der Waals surface area contributed by atoms with E-state index in [1.165, 1.54) is 0 Å². The SMILES string of the molecule is CNC1CCN(c2nc(C)c(Cl)c(N[C@H](C)c3ccc(Cl)cc3Cl)n2)CC1. The lowest BCUT2D eigenvalue weighted by molar-refractivity contribution is 0.439. The third-order valence-corrected chi connectivity index (χ3v) is 5.99. The number of piperidine rings is 1. The number of aromatic nitrogens is 2. The van der Waals surface area contributed by atoms with E-state index < -0.39 is 0 Å². The number of rotatable bonds is 5. The Balaban J connectivity index is 1.82. The number of nitrogens with one attached hydrogen (secondary N) is 2. The summed E-state index contributed by atoms with van der Waals surface area (Å²) in [5, 5.41) is 8.46. The molecule has 3 rings (SSSR count). The molecule has 0 aliphatic carbocycles. The highest BCUT2D eigenvalue weighted by Crippen LogP contribution is 2.32. The van der Waals surface area contributed by atoms with Gasteiger partial charge < -0.3 is 15.5 Å². The van der Waals surface area contributed by atoms with E-state index in [1.54, 1.807) is 6.07 Å². The maximum absolute atomic E-state index is 6.48. The van der Waals surface area contributed by atoms with E-state index in [4.69, 9.17) is 39.8 Å². The Kier molecular flexibility index (Phi) is 6.69. The Morgan fingerprint density at radius 2 is 1.85 bits per heavy atom. The molecule has 1 saturated heterocycles. The van der Waals surface area contributed by atoms with Crippen LogP contribution in [0.25, 0.3) is 0 Å². The van der Waals surface area contributed by atoms with Gasteiger partial charge in [-0.2, -0.15) is 4.98 Å². The van der Waals surface area contributed by atoms with Crippen molar-refractivity contribution in [3.8, 4) is 0 Å². The van der Waals surface area contributed by atoms with Gasteiger partial charge in [0.2, 0.25) is 5.95 Å². The fraction of sp³-hybridized carbons (Fsp3) is 0.474. The second-order valence-corrected chi connectivity index (χ2v) is 8.08. The molecule has 0 radical (unpaired) electrons. The molecule has 2 N–H and O–H groups in total. The topological polar surface area (TPSA) is 53.1 Å². The van der Waals surface area contributed by atoms with Gasteiger partial charge in [0.15, 0.2) is 5.82 Å². The first-order valence-electron chi connectivity index (χ1n) is 9.07. The predicted molar refractivity (Wildman–Crippen MR) is 115 cm³/mol. The van der Waals surface area contributed by atoms with E-state index in [0.29, 0.717) is 32.9 Å². The second-order valence-electron chi connectivity index (χ2n) is 6.85. The van der Waals surface area contributed by atoms with Gasteiger partial charge in [-0.25, -0.2) is 4.98 Å². The first-order valence-corrected chi connectivity index (χ1v) is 10.2. The van der Waals surface area contributed by atoms with Crippen LogP contribution in [0.1, 0.15) is 37.1 Å². The molecule has 0 spiro atoms. The average Bonchev–Trinajstić information content (AvgIpc) is 2.65. The zero-order valence-electron chi connectivity index (χ0n) is 15.7. The lowest BCUT2D eigenvalue weighted by Gasteiger charge is -2.32. The molecule has 1 aromatic heterocycles. The number of benzene rings is 1. The smallest absolute Gasteiger partial charge is 0.227 e. The van der Waals surface area contributed by atoms with Crippen LogP contribution in [0.2, 0.25) is 15.1 Å². The molecule has 8 heteroatoms. The molecular weight excluding hydrogens is 405 g/mol. The maximum atomic E-state index is 6.48. The van der Waals surface area contributed by atoms with Crippen LogP contribution in [0.4, 0.5) is 11.8 Å². The van der Waals surface area contributed by atoms with Gasteiger partial charge in [0.25, 0.3) is 0 Å². The molecule has 1 fully saturated rings. The zero-order valence-corrected chi connectivity index (χ0v) is 18.0. The summed E-state index contributed by atoms with van der Waals surface area (Å²) in [5.41, 5.74) is 1.69. The van der Waals surface area contributed by atoms with E-state index in [1.807, 2.05) is 33.0 Å². The maximum Gasteiger partial charge on any atom is 0.227 e. The summed E-state index contributed by atoms with van der Waals surface area (Å²) in [6, 6.07) is 5.95. The van der Waals surface area contributed by atoms with E-state index in [-0.39, 0.29) is 6.04 Å². The molecule has 0 amide bonds. The standard InChI is InChI=1S/C19H24Cl3N5/c1-11(15-5-4-13(20)10-16(15)21)24-18-17(22)12(2)25-19(26-18)27-8-6-14(23-3)7-9-27/h4-5,10-11,14,23H,6-9H2,1-3H3,(H,24,25,26)/t11-/m1/s1. The van der Waals surface area contributed by atoms with Crippen molar-refractivity contribution >= 4 is 46.6 Å². The van der Waals surface area contributed by atoms with E-state index in [0.717, 1.165) is 37.2 Å². The van der Waals surface area contributed by atoms with Crippen molar-refractivity contribution in [2.24, 2.45) is 0 Å². The van der Waals surface area contributed by atoms with Crippen LogP contribution in [-0.2, 0) is 0 Å². The number of hydrogen-bond acceptors (Lipinski definition) is 5. The first kappa shape index (κ1) is 20.5. The zero-order chi connectivity index (χ0) is 19.6. The van der Waals surface area contributed by atoms with Crippen molar-refractivity contribution in [1.82, 2.24) is 15.3 Å². The molecule has 0 bridgehead atoms. The van der Waals surface area contributed by atoms with E-state index >= 15 is 0 Å². The minimum Gasteiger partial charge on any atom is -0.362 e. The van der Waals surface area contributed by atoms with Gasteiger partial charge in [-0.05, 0) is 51.4 Å². The van der Waals surface area contributed by atoms with Crippen molar-refractivity contribution < 1.29 is 0 Å². The first-order chi connectivity index (χ1) is 12.9. The quantitative estimate of drug-likeness (QED) is 0.693. The number of aryl methyl sites for hydroxylation is 1. The molecular formula is C19H24Cl3N5. The molecule has 1 atom stereocenters.